The molecule has 0 N–H and O–H groups in total. The molecule has 1 aliphatic heterocycles. The van der Waals surface area contributed by atoms with Gasteiger partial charge in [0, 0.05) is 0 Å². The van der Waals surface area contributed by atoms with Gasteiger partial charge in [0.05, 0.1) is 19.3 Å². The molecule has 1 saturated heterocycles. The highest BCUT2D eigenvalue weighted by atomic mass is 16.6. The Hall–Kier alpha value is -1.64. The molecule has 1 saturated carbocycles. The number of hydrogen-bond donors (Lipinski definition) is 0. The molecule has 1 heterocycles. The maximum absolute atomic E-state index is 5.99. The van der Waals surface area contributed by atoms with Gasteiger partial charge >= 0.3 is 0 Å². The van der Waals surface area contributed by atoms with E-state index < -0.39 is 0 Å². The van der Waals surface area contributed by atoms with Gasteiger partial charge in [0.15, 0.2) is 0 Å². The predicted molar refractivity (Wildman–Crippen MR) is 120 cm³/mol. The van der Waals surface area contributed by atoms with Crippen LogP contribution in [-0.2, 0) is 9.47 Å². The van der Waals surface area contributed by atoms with E-state index in [0.29, 0.717) is 13.2 Å². The molecule has 4 rings (SSSR count). The molecule has 2 heteroatoms. The standard InChI is InChI=1S/C27H36O2/c1-3-5-20-6-8-21(9-7-20)22-10-12-23(13-11-22)24-14-16-25(17-15-24)27-19-28-26(4-2)18-29-27/h10-17,20-21,26-27H,3-9,18-19H2,1-2H3. The van der Waals surface area contributed by atoms with Crippen LogP contribution >= 0.6 is 0 Å². The van der Waals surface area contributed by atoms with E-state index in [4.69, 9.17) is 9.47 Å². The van der Waals surface area contributed by atoms with E-state index in [2.05, 4.69) is 62.4 Å². The van der Waals surface area contributed by atoms with Crippen LogP contribution in [0.3, 0.4) is 0 Å². The normalized spacial score (nSPS) is 27.7. The van der Waals surface area contributed by atoms with Gasteiger partial charge in [0.2, 0.25) is 0 Å². The highest BCUT2D eigenvalue weighted by Gasteiger charge is 2.23. The second-order valence-corrected chi connectivity index (χ2v) is 8.94. The maximum atomic E-state index is 5.99. The Bertz CT molecular complexity index is 733. The minimum absolute atomic E-state index is 0.0667. The summed E-state index contributed by atoms with van der Waals surface area (Å²) in [5.74, 6) is 1.73. The summed E-state index contributed by atoms with van der Waals surface area (Å²) in [5, 5.41) is 0. The number of ether oxygens (including phenoxy) is 2. The Kier molecular flexibility index (Phi) is 7.05. The molecule has 0 radical (unpaired) electrons. The minimum atomic E-state index is 0.0667. The first-order valence-corrected chi connectivity index (χ1v) is 11.7. The van der Waals surface area contributed by atoms with Crippen LogP contribution in [0.4, 0.5) is 0 Å². The topological polar surface area (TPSA) is 18.5 Å². The molecular weight excluding hydrogens is 356 g/mol. The van der Waals surface area contributed by atoms with Crippen molar-refractivity contribution >= 4 is 0 Å². The predicted octanol–water partition coefficient (Wildman–Crippen LogP) is 7.29. The first-order chi connectivity index (χ1) is 14.3. The molecule has 29 heavy (non-hydrogen) atoms. The lowest BCUT2D eigenvalue weighted by Crippen LogP contribution is -2.30. The Labute approximate surface area is 176 Å². The quantitative estimate of drug-likeness (QED) is 0.514. The summed E-state index contributed by atoms with van der Waals surface area (Å²) in [4.78, 5) is 0. The lowest BCUT2D eigenvalue weighted by Gasteiger charge is -2.29. The molecule has 156 valence electrons. The van der Waals surface area contributed by atoms with Gasteiger partial charge in [0.25, 0.3) is 0 Å². The van der Waals surface area contributed by atoms with Crippen molar-refractivity contribution in [1.29, 1.82) is 0 Å². The smallest absolute Gasteiger partial charge is 0.106 e. The van der Waals surface area contributed by atoms with Crippen molar-refractivity contribution in [3.63, 3.8) is 0 Å². The van der Waals surface area contributed by atoms with Gasteiger partial charge in [-0.3, -0.25) is 0 Å². The van der Waals surface area contributed by atoms with E-state index in [1.165, 1.54) is 60.8 Å². The molecule has 2 nitrogen and oxygen atoms in total. The number of rotatable bonds is 6. The van der Waals surface area contributed by atoms with E-state index in [1.54, 1.807) is 0 Å². The zero-order valence-electron chi connectivity index (χ0n) is 18.1. The van der Waals surface area contributed by atoms with Gasteiger partial charge in [0.1, 0.15) is 6.10 Å². The maximum Gasteiger partial charge on any atom is 0.106 e. The highest BCUT2D eigenvalue weighted by molar-refractivity contribution is 5.64. The van der Waals surface area contributed by atoms with Crippen LogP contribution in [0.5, 0.6) is 0 Å². The zero-order valence-corrected chi connectivity index (χ0v) is 18.1. The molecular formula is C27H36O2. The van der Waals surface area contributed by atoms with E-state index in [1.807, 2.05) is 0 Å². The molecule has 1 aliphatic carbocycles. The van der Waals surface area contributed by atoms with Crippen LogP contribution in [0.25, 0.3) is 11.1 Å². The van der Waals surface area contributed by atoms with Gasteiger partial charge in [-0.15, -0.1) is 0 Å². The Morgan fingerprint density at radius 1 is 0.724 bits per heavy atom. The monoisotopic (exact) mass is 392 g/mol. The average molecular weight is 393 g/mol. The number of benzene rings is 2. The second-order valence-electron chi connectivity index (χ2n) is 8.94. The highest BCUT2D eigenvalue weighted by Crippen LogP contribution is 2.38. The van der Waals surface area contributed by atoms with Gasteiger partial charge in [-0.05, 0) is 66.2 Å². The average Bonchev–Trinajstić information content (AvgIpc) is 2.80. The largest absolute Gasteiger partial charge is 0.373 e. The Morgan fingerprint density at radius 3 is 1.86 bits per heavy atom. The summed E-state index contributed by atoms with van der Waals surface area (Å²) in [6, 6.07) is 18.1. The third kappa shape index (κ3) is 5.10. The lowest BCUT2D eigenvalue weighted by molar-refractivity contribution is -0.135. The Balaban J connectivity index is 1.36. The molecule has 2 atom stereocenters. The third-order valence-corrected chi connectivity index (χ3v) is 6.96. The van der Waals surface area contributed by atoms with Gasteiger partial charge < -0.3 is 9.47 Å². The van der Waals surface area contributed by atoms with E-state index >= 15 is 0 Å². The van der Waals surface area contributed by atoms with Crippen LogP contribution in [-0.4, -0.2) is 19.3 Å². The van der Waals surface area contributed by atoms with Crippen molar-refractivity contribution in [2.24, 2.45) is 5.92 Å². The number of hydrogen-bond acceptors (Lipinski definition) is 2. The summed E-state index contributed by atoms with van der Waals surface area (Å²) in [7, 11) is 0. The summed E-state index contributed by atoms with van der Waals surface area (Å²) in [5.41, 5.74) is 5.31. The van der Waals surface area contributed by atoms with Crippen LogP contribution in [0, 0.1) is 5.92 Å². The van der Waals surface area contributed by atoms with Crippen LogP contribution in [0.15, 0.2) is 48.5 Å². The van der Waals surface area contributed by atoms with Crippen LogP contribution in [0.1, 0.15) is 81.9 Å². The molecule has 2 aromatic rings. The fraction of sp³-hybridized carbons (Fsp3) is 0.556. The van der Waals surface area contributed by atoms with Crippen molar-refractivity contribution in [2.45, 2.75) is 76.9 Å². The van der Waals surface area contributed by atoms with Crippen molar-refractivity contribution in [3.05, 3.63) is 59.7 Å². The summed E-state index contributed by atoms with van der Waals surface area (Å²) < 4.78 is 11.9. The van der Waals surface area contributed by atoms with E-state index in [-0.39, 0.29) is 12.2 Å². The van der Waals surface area contributed by atoms with Gasteiger partial charge in [-0.25, -0.2) is 0 Å². The first kappa shape index (κ1) is 20.6. The fourth-order valence-electron chi connectivity index (χ4n) is 5.00. The fourth-order valence-corrected chi connectivity index (χ4v) is 5.00. The first-order valence-electron chi connectivity index (χ1n) is 11.7. The van der Waals surface area contributed by atoms with Gasteiger partial charge in [-0.2, -0.15) is 0 Å². The summed E-state index contributed by atoms with van der Waals surface area (Å²) in [6.45, 7) is 5.82. The Morgan fingerprint density at radius 2 is 1.34 bits per heavy atom. The van der Waals surface area contributed by atoms with Crippen LogP contribution in [0.2, 0.25) is 0 Å². The SMILES string of the molecule is CCCC1CCC(c2ccc(-c3ccc(C4COC(CC)CO4)cc3)cc2)CC1. The zero-order chi connectivity index (χ0) is 20.1. The summed E-state index contributed by atoms with van der Waals surface area (Å²) in [6.07, 6.45) is 9.63. The van der Waals surface area contributed by atoms with Crippen LogP contribution < -0.4 is 0 Å². The minimum Gasteiger partial charge on any atom is -0.373 e. The van der Waals surface area contributed by atoms with Crippen molar-refractivity contribution in [3.8, 4) is 11.1 Å². The van der Waals surface area contributed by atoms with Crippen molar-refractivity contribution in [2.75, 3.05) is 13.2 Å². The molecule has 2 aromatic carbocycles. The molecule has 0 amide bonds. The van der Waals surface area contributed by atoms with E-state index in [0.717, 1.165) is 18.3 Å². The molecule has 2 fully saturated rings. The molecule has 0 spiro atoms. The molecule has 2 unspecified atom stereocenters. The van der Waals surface area contributed by atoms with E-state index in [9.17, 15) is 0 Å². The molecule has 0 aromatic heterocycles. The second kappa shape index (κ2) is 9.91. The molecule has 0 bridgehead atoms. The van der Waals surface area contributed by atoms with Gasteiger partial charge in [-0.1, -0.05) is 75.2 Å². The third-order valence-electron chi connectivity index (χ3n) is 6.96. The molecule has 2 aliphatic rings. The van der Waals surface area contributed by atoms with Crippen molar-refractivity contribution < 1.29 is 9.47 Å². The lowest BCUT2D eigenvalue weighted by atomic mass is 9.77. The summed E-state index contributed by atoms with van der Waals surface area (Å²) >= 11 is 0. The van der Waals surface area contributed by atoms with Crippen molar-refractivity contribution in [1.82, 2.24) is 0 Å².